The number of hydrogen-bond acceptors (Lipinski definition) is 9. The van der Waals surface area contributed by atoms with E-state index in [-0.39, 0.29) is 28.4 Å². The fraction of sp³-hybridized carbons (Fsp3) is 0.179. The molecule has 1 atom stereocenters. The van der Waals surface area contributed by atoms with Crippen LogP contribution in [0.25, 0.3) is 17.4 Å². The molecule has 5 rings (SSSR count). The summed E-state index contributed by atoms with van der Waals surface area (Å²) < 4.78 is 18.3. The van der Waals surface area contributed by atoms with Gasteiger partial charge in [-0.15, -0.1) is 0 Å². The van der Waals surface area contributed by atoms with Crippen molar-refractivity contribution in [2.75, 3.05) is 13.7 Å². The molecule has 204 valence electrons. The lowest BCUT2D eigenvalue weighted by Gasteiger charge is -2.24. The zero-order valence-corrected chi connectivity index (χ0v) is 23.1. The number of non-ortho nitro benzene ring substituents is 1. The van der Waals surface area contributed by atoms with Crippen LogP contribution in [0.15, 0.2) is 80.1 Å². The third-order valence-electron chi connectivity index (χ3n) is 6.28. The fourth-order valence-corrected chi connectivity index (χ4v) is 5.71. The van der Waals surface area contributed by atoms with E-state index in [1.807, 2.05) is 0 Å². The minimum atomic E-state index is -0.755. The summed E-state index contributed by atoms with van der Waals surface area (Å²) in [6.07, 6.45) is 1.58. The molecule has 0 bridgehead atoms. The number of halogens is 1. The van der Waals surface area contributed by atoms with Crippen molar-refractivity contribution < 1.29 is 23.6 Å². The monoisotopic (exact) mass is 579 g/mol. The number of benzene rings is 2. The second-order valence-electron chi connectivity index (χ2n) is 8.70. The molecule has 0 saturated carbocycles. The maximum absolute atomic E-state index is 13.7. The van der Waals surface area contributed by atoms with Gasteiger partial charge in [0.15, 0.2) is 4.80 Å². The standard InChI is InChI=1S/C28H22ClN3O7S/c1-4-38-27(34)24-15(2)30-28-31(25(24)16-5-8-18(37-3)9-6-16)26(33)23(40-28)14-19-10-12-22(39-19)20-11-7-17(32(35)36)13-21(20)29/h5-14,25H,4H2,1-3H3/b23-14+/t25-/m1/s1. The second-order valence-corrected chi connectivity index (χ2v) is 10.1. The van der Waals surface area contributed by atoms with Crippen molar-refractivity contribution in [3.63, 3.8) is 0 Å². The van der Waals surface area contributed by atoms with Gasteiger partial charge in [0.1, 0.15) is 17.3 Å². The minimum absolute atomic E-state index is 0.134. The maximum Gasteiger partial charge on any atom is 0.338 e. The van der Waals surface area contributed by atoms with Gasteiger partial charge in [-0.25, -0.2) is 9.79 Å². The number of thiazole rings is 1. The molecule has 40 heavy (non-hydrogen) atoms. The van der Waals surface area contributed by atoms with E-state index in [9.17, 15) is 19.7 Å². The lowest BCUT2D eigenvalue weighted by atomic mass is 9.96. The average Bonchev–Trinajstić information content (AvgIpc) is 3.52. The van der Waals surface area contributed by atoms with Crippen molar-refractivity contribution in [1.82, 2.24) is 4.57 Å². The number of fused-ring (bicyclic) bond motifs is 1. The number of furan rings is 1. The molecular weight excluding hydrogens is 558 g/mol. The summed E-state index contributed by atoms with van der Waals surface area (Å²) in [4.78, 5) is 42.2. The number of aromatic nitrogens is 1. The van der Waals surface area contributed by atoms with Gasteiger partial charge < -0.3 is 13.9 Å². The Bertz CT molecular complexity index is 1850. The molecule has 1 aliphatic rings. The number of esters is 1. The van der Waals surface area contributed by atoms with Gasteiger partial charge in [-0.1, -0.05) is 35.1 Å². The van der Waals surface area contributed by atoms with E-state index < -0.39 is 16.9 Å². The number of carbonyl (C=O) groups is 1. The van der Waals surface area contributed by atoms with E-state index in [2.05, 4.69) is 4.99 Å². The summed E-state index contributed by atoms with van der Waals surface area (Å²) in [6.45, 7) is 3.61. The minimum Gasteiger partial charge on any atom is -0.497 e. The molecule has 1 aliphatic heterocycles. The Kier molecular flexibility index (Phi) is 7.42. The average molecular weight is 580 g/mol. The first-order valence-corrected chi connectivity index (χ1v) is 13.3. The third-order valence-corrected chi connectivity index (χ3v) is 7.57. The number of hydrogen-bond donors (Lipinski definition) is 0. The van der Waals surface area contributed by atoms with Gasteiger partial charge in [0.2, 0.25) is 0 Å². The van der Waals surface area contributed by atoms with Crippen LogP contribution in [0.4, 0.5) is 5.69 Å². The molecule has 0 spiro atoms. The predicted molar refractivity (Wildman–Crippen MR) is 149 cm³/mol. The zero-order chi connectivity index (χ0) is 28.6. The summed E-state index contributed by atoms with van der Waals surface area (Å²) >= 11 is 7.41. The van der Waals surface area contributed by atoms with E-state index in [1.54, 1.807) is 63.4 Å². The van der Waals surface area contributed by atoms with E-state index in [1.165, 1.54) is 22.8 Å². The molecule has 0 N–H and O–H groups in total. The van der Waals surface area contributed by atoms with Gasteiger partial charge in [0.05, 0.1) is 45.5 Å². The summed E-state index contributed by atoms with van der Waals surface area (Å²) in [5.41, 5.74) is 1.41. The van der Waals surface area contributed by atoms with Gasteiger partial charge in [-0.3, -0.25) is 19.5 Å². The number of nitro benzene ring substituents is 1. The number of allylic oxidation sites excluding steroid dienone is 1. The van der Waals surface area contributed by atoms with Gasteiger partial charge in [-0.05, 0) is 49.7 Å². The van der Waals surface area contributed by atoms with Gasteiger partial charge in [-0.2, -0.15) is 0 Å². The molecule has 0 saturated heterocycles. The molecule has 3 heterocycles. The second kappa shape index (κ2) is 10.9. The third kappa shape index (κ3) is 4.96. The smallest absolute Gasteiger partial charge is 0.338 e. The molecule has 0 aliphatic carbocycles. The SMILES string of the molecule is CCOC(=O)C1=C(C)N=c2s/c(=C/c3ccc(-c4ccc([N+](=O)[O-])cc4Cl)o3)c(=O)n2[C@@H]1c1ccc(OC)cc1. The van der Waals surface area contributed by atoms with Crippen molar-refractivity contribution >= 4 is 40.7 Å². The first-order valence-electron chi connectivity index (χ1n) is 12.1. The first kappa shape index (κ1) is 27.1. The van der Waals surface area contributed by atoms with Crippen molar-refractivity contribution in [2.45, 2.75) is 19.9 Å². The van der Waals surface area contributed by atoms with Crippen LogP contribution in [-0.4, -0.2) is 29.2 Å². The highest BCUT2D eigenvalue weighted by molar-refractivity contribution is 7.07. The predicted octanol–water partition coefficient (Wildman–Crippen LogP) is 4.63. The number of ether oxygens (including phenoxy) is 2. The number of nitrogens with zero attached hydrogens (tertiary/aromatic N) is 3. The Morgan fingerprint density at radius 2 is 1.98 bits per heavy atom. The molecule has 0 fully saturated rings. The van der Waals surface area contributed by atoms with Crippen LogP contribution in [0, 0.1) is 10.1 Å². The maximum atomic E-state index is 13.7. The summed E-state index contributed by atoms with van der Waals surface area (Å²) in [5.74, 6) is 0.846. The normalized spacial score (nSPS) is 15.0. The van der Waals surface area contributed by atoms with Crippen LogP contribution in [0.2, 0.25) is 5.02 Å². The number of rotatable bonds is 7. The molecule has 2 aromatic heterocycles. The van der Waals surface area contributed by atoms with E-state index in [0.29, 0.717) is 43.4 Å². The Balaban J connectivity index is 1.60. The summed E-state index contributed by atoms with van der Waals surface area (Å²) in [5, 5.41) is 11.2. The van der Waals surface area contributed by atoms with E-state index in [4.69, 9.17) is 25.5 Å². The zero-order valence-electron chi connectivity index (χ0n) is 21.5. The first-order chi connectivity index (χ1) is 19.2. The molecule has 12 heteroatoms. The number of carbonyl (C=O) groups excluding carboxylic acids is 1. The Morgan fingerprint density at radius 3 is 2.62 bits per heavy atom. The van der Waals surface area contributed by atoms with Crippen molar-refractivity contribution in [1.29, 1.82) is 0 Å². The quantitative estimate of drug-likeness (QED) is 0.177. The van der Waals surface area contributed by atoms with E-state index >= 15 is 0 Å². The Morgan fingerprint density at radius 1 is 1.23 bits per heavy atom. The molecule has 2 aromatic carbocycles. The van der Waals surface area contributed by atoms with E-state index in [0.717, 1.165) is 11.3 Å². The van der Waals surface area contributed by atoms with Crippen LogP contribution in [0.1, 0.15) is 31.2 Å². The van der Waals surface area contributed by atoms with Crippen LogP contribution in [0.5, 0.6) is 5.75 Å². The largest absolute Gasteiger partial charge is 0.497 e. The molecule has 10 nitrogen and oxygen atoms in total. The van der Waals surface area contributed by atoms with Crippen LogP contribution in [0.3, 0.4) is 0 Å². The van der Waals surface area contributed by atoms with Gasteiger partial charge >= 0.3 is 5.97 Å². The highest BCUT2D eigenvalue weighted by atomic mass is 35.5. The fourth-order valence-electron chi connectivity index (χ4n) is 4.41. The Labute approximate surface area is 236 Å². The Hall–Kier alpha value is -4.48. The van der Waals surface area contributed by atoms with Crippen molar-refractivity contribution in [3.8, 4) is 17.1 Å². The number of nitro groups is 1. The molecule has 0 amide bonds. The molecule has 4 aromatic rings. The molecule has 0 unspecified atom stereocenters. The highest BCUT2D eigenvalue weighted by Crippen LogP contribution is 2.33. The molecular formula is C28H22ClN3O7S. The lowest BCUT2D eigenvalue weighted by Crippen LogP contribution is -2.39. The van der Waals surface area contributed by atoms with Crippen molar-refractivity contribution in [3.05, 3.63) is 112 Å². The summed E-state index contributed by atoms with van der Waals surface area (Å²) in [7, 11) is 1.56. The van der Waals surface area contributed by atoms with Crippen LogP contribution in [-0.2, 0) is 9.53 Å². The van der Waals surface area contributed by atoms with Gasteiger partial charge in [0.25, 0.3) is 11.2 Å². The highest BCUT2D eigenvalue weighted by Gasteiger charge is 2.33. The number of methoxy groups -OCH3 is 1. The van der Waals surface area contributed by atoms with Crippen molar-refractivity contribution in [2.24, 2.45) is 4.99 Å². The van der Waals surface area contributed by atoms with Crippen LogP contribution < -0.4 is 19.6 Å². The van der Waals surface area contributed by atoms with Gasteiger partial charge in [0, 0.05) is 23.8 Å². The molecule has 0 radical (unpaired) electrons. The lowest BCUT2D eigenvalue weighted by molar-refractivity contribution is -0.384. The topological polar surface area (TPSA) is 126 Å². The van der Waals surface area contributed by atoms with Crippen LogP contribution >= 0.6 is 22.9 Å². The summed E-state index contributed by atoms with van der Waals surface area (Å²) in [6, 6.07) is 13.8.